The lowest BCUT2D eigenvalue weighted by atomic mass is 9.96. The highest BCUT2D eigenvalue weighted by molar-refractivity contribution is 5.96. The molecule has 2 N–H and O–H groups in total. The van der Waals surface area contributed by atoms with Gasteiger partial charge in [-0.15, -0.1) is 0 Å². The molecule has 0 bridgehead atoms. The first-order chi connectivity index (χ1) is 9.19. The largest absolute Gasteiger partial charge is 0.478 e. The van der Waals surface area contributed by atoms with Crippen LogP contribution in [0.3, 0.4) is 0 Å². The van der Waals surface area contributed by atoms with Crippen molar-refractivity contribution in [3.8, 4) is 0 Å². The van der Waals surface area contributed by atoms with Crippen LogP contribution in [0, 0.1) is 12.3 Å². The fourth-order valence-electron chi connectivity index (χ4n) is 1.60. The number of aliphatic carboxylic acids is 1. The lowest BCUT2D eigenvalue weighted by Crippen LogP contribution is -2.32. The minimum atomic E-state index is -1.01. The lowest BCUT2D eigenvalue weighted by Gasteiger charge is -2.19. The van der Waals surface area contributed by atoms with Gasteiger partial charge in [0.25, 0.3) is 5.91 Å². The number of benzene rings is 1. The second kappa shape index (κ2) is 6.37. The minimum absolute atomic E-state index is 0.0182. The Kier molecular flexibility index (Phi) is 5.08. The molecule has 0 unspecified atom stereocenters. The van der Waals surface area contributed by atoms with Gasteiger partial charge >= 0.3 is 5.97 Å². The summed E-state index contributed by atoms with van der Waals surface area (Å²) in [6, 6.07) is 5.30. The van der Waals surface area contributed by atoms with Gasteiger partial charge in [0.15, 0.2) is 0 Å². The van der Waals surface area contributed by atoms with E-state index in [1.807, 2.05) is 33.8 Å². The smallest absolute Gasteiger partial charge is 0.328 e. The van der Waals surface area contributed by atoms with Crippen LogP contribution in [0.2, 0.25) is 0 Å². The molecule has 0 aliphatic carbocycles. The summed E-state index contributed by atoms with van der Waals surface area (Å²) in [6.07, 6.45) is 2.53. The molecular formula is C16H21NO3. The Morgan fingerprint density at radius 2 is 1.95 bits per heavy atom. The van der Waals surface area contributed by atoms with Gasteiger partial charge in [-0.05, 0) is 35.6 Å². The predicted octanol–water partition coefficient (Wildman–Crippen LogP) is 2.87. The number of carbonyl (C=O) groups is 2. The molecule has 0 spiro atoms. The van der Waals surface area contributed by atoms with Gasteiger partial charge in [0, 0.05) is 18.2 Å². The van der Waals surface area contributed by atoms with E-state index < -0.39 is 5.97 Å². The molecule has 0 saturated carbocycles. The predicted molar refractivity (Wildman–Crippen MR) is 79.6 cm³/mol. The molecule has 0 aliphatic heterocycles. The summed E-state index contributed by atoms with van der Waals surface area (Å²) in [7, 11) is 0. The van der Waals surface area contributed by atoms with Crippen molar-refractivity contribution in [2.45, 2.75) is 27.7 Å². The van der Waals surface area contributed by atoms with E-state index in [-0.39, 0.29) is 11.3 Å². The van der Waals surface area contributed by atoms with Gasteiger partial charge in [-0.1, -0.05) is 32.9 Å². The number of carboxylic acid groups (broad SMARTS) is 1. The zero-order valence-corrected chi connectivity index (χ0v) is 12.4. The van der Waals surface area contributed by atoms with Crippen LogP contribution in [-0.4, -0.2) is 23.5 Å². The number of rotatable bonds is 4. The molecule has 1 aromatic rings. The Morgan fingerprint density at radius 3 is 2.50 bits per heavy atom. The van der Waals surface area contributed by atoms with E-state index in [1.54, 1.807) is 12.1 Å². The Morgan fingerprint density at radius 1 is 1.30 bits per heavy atom. The van der Waals surface area contributed by atoms with Crippen molar-refractivity contribution in [2.24, 2.45) is 5.41 Å². The number of hydrogen-bond acceptors (Lipinski definition) is 2. The fraction of sp³-hybridized carbons (Fsp3) is 0.375. The van der Waals surface area contributed by atoms with Gasteiger partial charge in [0.1, 0.15) is 0 Å². The maximum absolute atomic E-state index is 12.2. The van der Waals surface area contributed by atoms with Crippen LogP contribution in [0.5, 0.6) is 0 Å². The Bertz CT molecular complexity index is 539. The van der Waals surface area contributed by atoms with Crippen LogP contribution in [0.25, 0.3) is 6.08 Å². The van der Waals surface area contributed by atoms with Crippen molar-refractivity contribution >= 4 is 18.0 Å². The molecule has 0 radical (unpaired) electrons. The van der Waals surface area contributed by atoms with Crippen molar-refractivity contribution < 1.29 is 14.7 Å². The van der Waals surface area contributed by atoms with Gasteiger partial charge in [0.05, 0.1) is 0 Å². The van der Waals surface area contributed by atoms with E-state index in [4.69, 9.17) is 5.11 Å². The number of carboxylic acids is 1. The molecule has 0 fully saturated rings. The molecule has 0 heterocycles. The van der Waals surface area contributed by atoms with Crippen LogP contribution >= 0.6 is 0 Å². The maximum Gasteiger partial charge on any atom is 0.328 e. The first kappa shape index (κ1) is 16.0. The van der Waals surface area contributed by atoms with Gasteiger partial charge in [-0.2, -0.15) is 0 Å². The third kappa shape index (κ3) is 5.26. The van der Waals surface area contributed by atoms with Crippen molar-refractivity contribution in [2.75, 3.05) is 6.54 Å². The highest BCUT2D eigenvalue weighted by Gasteiger charge is 2.14. The number of amides is 1. The SMILES string of the molecule is Cc1ccc(C=CC(=O)O)cc1C(=O)NCC(C)(C)C. The molecule has 20 heavy (non-hydrogen) atoms. The topological polar surface area (TPSA) is 66.4 Å². The Labute approximate surface area is 119 Å². The van der Waals surface area contributed by atoms with E-state index in [0.29, 0.717) is 17.7 Å². The first-order valence-electron chi connectivity index (χ1n) is 6.49. The van der Waals surface area contributed by atoms with Gasteiger partial charge in [-0.25, -0.2) is 4.79 Å². The second-order valence-corrected chi connectivity index (χ2v) is 5.99. The number of carbonyl (C=O) groups excluding carboxylic acids is 1. The molecule has 4 heteroatoms. The van der Waals surface area contributed by atoms with E-state index in [0.717, 1.165) is 11.6 Å². The van der Waals surface area contributed by atoms with Crippen LogP contribution in [0.15, 0.2) is 24.3 Å². The Hall–Kier alpha value is -2.10. The average molecular weight is 275 g/mol. The number of aryl methyl sites for hydroxylation is 1. The summed E-state index contributed by atoms with van der Waals surface area (Å²) in [6.45, 7) is 8.58. The van der Waals surface area contributed by atoms with E-state index >= 15 is 0 Å². The molecule has 4 nitrogen and oxygen atoms in total. The third-order valence-electron chi connectivity index (χ3n) is 2.70. The van der Waals surface area contributed by atoms with E-state index in [9.17, 15) is 9.59 Å². The quantitative estimate of drug-likeness (QED) is 0.830. The molecule has 0 saturated heterocycles. The second-order valence-electron chi connectivity index (χ2n) is 5.99. The summed E-state index contributed by atoms with van der Waals surface area (Å²) < 4.78 is 0. The van der Waals surface area contributed by atoms with E-state index in [1.165, 1.54) is 6.08 Å². The number of nitrogens with one attached hydrogen (secondary N) is 1. The van der Waals surface area contributed by atoms with Gasteiger partial charge < -0.3 is 10.4 Å². The highest BCUT2D eigenvalue weighted by atomic mass is 16.4. The van der Waals surface area contributed by atoms with Crippen molar-refractivity contribution in [3.63, 3.8) is 0 Å². The monoisotopic (exact) mass is 275 g/mol. The van der Waals surface area contributed by atoms with Crippen LogP contribution in [-0.2, 0) is 4.79 Å². The molecule has 0 aromatic heterocycles. The zero-order valence-electron chi connectivity index (χ0n) is 12.4. The van der Waals surface area contributed by atoms with E-state index in [2.05, 4.69) is 5.32 Å². The molecule has 0 aliphatic rings. The van der Waals surface area contributed by atoms with Gasteiger partial charge in [-0.3, -0.25) is 4.79 Å². The maximum atomic E-state index is 12.2. The van der Waals surface area contributed by atoms with Crippen LogP contribution < -0.4 is 5.32 Å². The minimum Gasteiger partial charge on any atom is -0.478 e. The summed E-state index contributed by atoms with van der Waals surface area (Å²) in [5.74, 6) is -1.15. The normalized spacial score (nSPS) is 11.6. The summed E-state index contributed by atoms with van der Waals surface area (Å²) in [5.41, 5.74) is 2.15. The Balaban J connectivity index is 2.91. The first-order valence-corrected chi connectivity index (χ1v) is 6.49. The number of hydrogen-bond donors (Lipinski definition) is 2. The molecule has 108 valence electrons. The third-order valence-corrected chi connectivity index (χ3v) is 2.70. The standard InChI is InChI=1S/C16H21NO3/c1-11-5-6-12(7-8-14(18)19)9-13(11)15(20)17-10-16(2,3)4/h5-9H,10H2,1-4H3,(H,17,20)(H,18,19). The fourth-order valence-corrected chi connectivity index (χ4v) is 1.60. The van der Waals surface area contributed by atoms with Crippen LogP contribution in [0.1, 0.15) is 42.3 Å². The summed E-state index contributed by atoms with van der Waals surface area (Å²) >= 11 is 0. The molecular weight excluding hydrogens is 254 g/mol. The van der Waals surface area contributed by atoms with Crippen molar-refractivity contribution in [3.05, 3.63) is 41.0 Å². The lowest BCUT2D eigenvalue weighted by molar-refractivity contribution is -0.131. The molecule has 1 aromatic carbocycles. The summed E-state index contributed by atoms with van der Waals surface area (Å²) in [5, 5.41) is 11.5. The molecule has 0 atom stereocenters. The van der Waals surface area contributed by atoms with Gasteiger partial charge in [0.2, 0.25) is 0 Å². The summed E-state index contributed by atoms with van der Waals surface area (Å²) in [4.78, 5) is 22.7. The van der Waals surface area contributed by atoms with Crippen molar-refractivity contribution in [1.29, 1.82) is 0 Å². The molecule has 1 amide bonds. The highest BCUT2D eigenvalue weighted by Crippen LogP contribution is 2.14. The van der Waals surface area contributed by atoms with Crippen LogP contribution in [0.4, 0.5) is 0 Å². The average Bonchev–Trinajstić information content (AvgIpc) is 2.34. The zero-order chi connectivity index (χ0) is 15.3. The molecule has 1 rings (SSSR count). The van der Waals surface area contributed by atoms with Crippen molar-refractivity contribution in [1.82, 2.24) is 5.32 Å².